The Labute approximate surface area is 222 Å². The second kappa shape index (κ2) is 12.3. The number of thioether (sulfide) groups is 1. The summed E-state index contributed by atoms with van der Waals surface area (Å²) < 4.78 is 2.09. The smallest absolute Gasteiger partial charge is 0.258 e. The molecule has 1 saturated heterocycles. The Bertz CT molecular complexity index is 1160. The molecule has 4 heterocycles. The Morgan fingerprint density at radius 3 is 2.71 bits per heavy atom. The Kier molecular flexibility index (Phi) is 9.74. The molecule has 34 heavy (non-hydrogen) atoms. The molecule has 9 heteroatoms. The fourth-order valence-electron chi connectivity index (χ4n) is 4.53. The van der Waals surface area contributed by atoms with Crippen molar-refractivity contribution in [1.29, 1.82) is 0 Å². The predicted molar refractivity (Wildman–Crippen MR) is 145 cm³/mol. The van der Waals surface area contributed by atoms with Gasteiger partial charge in [0.25, 0.3) is 5.91 Å². The highest BCUT2D eigenvalue weighted by Gasteiger charge is 2.23. The highest BCUT2D eigenvalue weighted by Crippen LogP contribution is 2.34. The summed E-state index contributed by atoms with van der Waals surface area (Å²) in [6.45, 7) is 4.05. The van der Waals surface area contributed by atoms with Crippen LogP contribution < -0.4 is 5.32 Å². The van der Waals surface area contributed by atoms with Gasteiger partial charge in [-0.1, -0.05) is 47.6 Å². The number of nitrogens with zero attached hydrogens (tertiary/aromatic N) is 3. The number of hydrogen-bond acceptors (Lipinski definition) is 4. The number of carbonyl (C=O) groups excluding carboxylic acids is 1. The molecule has 1 amide bonds. The van der Waals surface area contributed by atoms with Gasteiger partial charge in [0.2, 0.25) is 0 Å². The molecule has 1 fully saturated rings. The predicted octanol–water partition coefficient (Wildman–Crippen LogP) is 5.74. The normalized spacial score (nSPS) is 15.9. The fraction of sp³-hybridized carbons (Fsp3) is 0.360. The van der Waals surface area contributed by atoms with Crippen LogP contribution in [0.1, 0.15) is 30.5 Å². The third-order valence-corrected chi connectivity index (χ3v) is 7.79. The van der Waals surface area contributed by atoms with E-state index in [-0.39, 0.29) is 30.7 Å². The molecule has 2 aliphatic rings. The molecular formula is C25H29Cl3N4OS. The Morgan fingerprint density at radius 2 is 1.91 bits per heavy atom. The van der Waals surface area contributed by atoms with E-state index in [4.69, 9.17) is 11.6 Å². The summed E-state index contributed by atoms with van der Waals surface area (Å²) in [5.74, 6) is 0.559. The van der Waals surface area contributed by atoms with Crippen LogP contribution in [0.3, 0.4) is 0 Å². The van der Waals surface area contributed by atoms with E-state index in [1.807, 2.05) is 42.6 Å². The maximum Gasteiger partial charge on any atom is 0.258 e. The molecule has 1 N–H and O–H groups in total. The first-order valence-corrected chi connectivity index (χ1v) is 12.5. The standard InChI is InChI=1S/C25H27ClN4OS.2ClH/c26-21-7-2-1-5-19(21)6-4-12-29-13-10-18(11-14-29)16-28-25(31)22-15-20-17-27-23-8-3-9-24(32-22)30(20)23;;/h1-3,5,7-9,15,17-18H,4,6,10-14,16H2,(H,28,31);2*1H. The van der Waals surface area contributed by atoms with Gasteiger partial charge in [-0.15, -0.1) is 24.8 Å². The van der Waals surface area contributed by atoms with Crippen LogP contribution in [-0.2, 0) is 11.2 Å². The molecule has 0 radical (unpaired) electrons. The minimum Gasteiger partial charge on any atom is -0.351 e. The number of pyridine rings is 1. The van der Waals surface area contributed by atoms with Crippen molar-refractivity contribution in [2.75, 3.05) is 26.2 Å². The summed E-state index contributed by atoms with van der Waals surface area (Å²) in [4.78, 5) is 20.5. The second-order valence-corrected chi connectivity index (χ2v) is 10.0. The van der Waals surface area contributed by atoms with Gasteiger partial charge in [0.15, 0.2) is 0 Å². The molecule has 5 nitrogen and oxygen atoms in total. The van der Waals surface area contributed by atoms with Crippen LogP contribution >= 0.6 is 48.2 Å². The topological polar surface area (TPSA) is 49.6 Å². The van der Waals surface area contributed by atoms with E-state index in [9.17, 15) is 4.79 Å². The van der Waals surface area contributed by atoms with E-state index in [1.54, 1.807) is 0 Å². The minimum absolute atomic E-state index is 0. The number of hydrogen-bond donors (Lipinski definition) is 1. The van der Waals surface area contributed by atoms with Crippen molar-refractivity contribution in [3.63, 3.8) is 0 Å². The number of rotatable bonds is 7. The van der Waals surface area contributed by atoms with E-state index < -0.39 is 0 Å². The Balaban J connectivity index is 0.00000162. The molecule has 0 atom stereocenters. The molecule has 3 aromatic rings. The lowest BCUT2D eigenvalue weighted by molar-refractivity contribution is -0.117. The monoisotopic (exact) mass is 538 g/mol. The third kappa shape index (κ3) is 6.10. The van der Waals surface area contributed by atoms with E-state index in [1.165, 1.54) is 17.3 Å². The molecule has 0 bridgehead atoms. The summed E-state index contributed by atoms with van der Waals surface area (Å²) in [7, 11) is 0. The van der Waals surface area contributed by atoms with Crippen molar-refractivity contribution in [1.82, 2.24) is 19.6 Å². The lowest BCUT2D eigenvalue weighted by atomic mass is 9.96. The van der Waals surface area contributed by atoms with Gasteiger partial charge in [-0.2, -0.15) is 0 Å². The molecule has 5 rings (SSSR count). The van der Waals surface area contributed by atoms with Crippen LogP contribution in [0.2, 0.25) is 5.02 Å². The van der Waals surface area contributed by atoms with E-state index in [2.05, 4.69) is 31.7 Å². The number of piperidine rings is 1. The zero-order chi connectivity index (χ0) is 21.9. The number of aromatic nitrogens is 2. The number of carbonyl (C=O) groups is 1. The van der Waals surface area contributed by atoms with Gasteiger partial charge in [0, 0.05) is 11.6 Å². The van der Waals surface area contributed by atoms with Crippen LogP contribution in [-0.4, -0.2) is 46.4 Å². The lowest BCUT2D eigenvalue weighted by Crippen LogP contribution is -2.39. The summed E-state index contributed by atoms with van der Waals surface area (Å²) in [5.41, 5.74) is 3.12. The summed E-state index contributed by atoms with van der Waals surface area (Å²) in [5, 5.41) is 5.08. The average molecular weight is 540 g/mol. The highest BCUT2D eigenvalue weighted by atomic mass is 35.5. The van der Waals surface area contributed by atoms with Gasteiger partial charge in [-0.3, -0.25) is 9.20 Å². The minimum atomic E-state index is 0. The SMILES string of the molecule is Cl.Cl.O=C(NCC1CCN(CCCc2ccccc2Cl)CC1)C1=Cc2cnc3cccc(n23)S1. The van der Waals surface area contributed by atoms with Gasteiger partial charge in [-0.05, 0) is 81.1 Å². The Morgan fingerprint density at radius 1 is 1.12 bits per heavy atom. The zero-order valence-electron chi connectivity index (χ0n) is 18.8. The highest BCUT2D eigenvalue weighted by molar-refractivity contribution is 8.04. The van der Waals surface area contributed by atoms with Crippen molar-refractivity contribution >= 4 is 65.8 Å². The zero-order valence-corrected chi connectivity index (χ0v) is 22.0. The van der Waals surface area contributed by atoms with Gasteiger partial charge < -0.3 is 10.2 Å². The molecule has 2 aromatic heterocycles. The van der Waals surface area contributed by atoms with Crippen molar-refractivity contribution < 1.29 is 4.79 Å². The summed E-state index contributed by atoms with van der Waals surface area (Å²) in [6, 6.07) is 14.1. The molecule has 0 saturated carbocycles. The summed E-state index contributed by atoms with van der Waals surface area (Å²) >= 11 is 7.77. The van der Waals surface area contributed by atoms with Gasteiger partial charge in [-0.25, -0.2) is 4.98 Å². The molecule has 0 aliphatic carbocycles. The fourth-order valence-corrected chi connectivity index (χ4v) is 5.77. The number of likely N-dealkylation sites (tertiary alicyclic amines) is 1. The molecular weight excluding hydrogens is 511 g/mol. The largest absolute Gasteiger partial charge is 0.351 e. The van der Waals surface area contributed by atoms with Crippen molar-refractivity contribution in [2.45, 2.75) is 30.7 Å². The quantitative estimate of drug-likeness (QED) is 0.416. The number of amides is 1. The van der Waals surface area contributed by atoms with Crippen LogP contribution in [0.5, 0.6) is 0 Å². The molecule has 1 aromatic carbocycles. The second-order valence-electron chi connectivity index (χ2n) is 8.54. The molecule has 0 spiro atoms. The van der Waals surface area contributed by atoms with E-state index in [0.717, 1.165) is 78.2 Å². The molecule has 0 unspecified atom stereocenters. The Hall–Kier alpha value is -1.70. The summed E-state index contributed by atoms with van der Waals surface area (Å²) in [6.07, 6.45) is 8.17. The van der Waals surface area contributed by atoms with E-state index in [0.29, 0.717) is 5.92 Å². The lowest BCUT2D eigenvalue weighted by Gasteiger charge is -2.32. The maximum absolute atomic E-state index is 12.8. The average Bonchev–Trinajstić information content (AvgIpc) is 3.24. The number of halogens is 3. The van der Waals surface area contributed by atoms with Crippen LogP contribution in [0.4, 0.5) is 0 Å². The van der Waals surface area contributed by atoms with Gasteiger partial charge >= 0.3 is 0 Å². The number of nitrogens with one attached hydrogen (secondary N) is 1. The van der Waals surface area contributed by atoms with Crippen molar-refractivity contribution in [3.8, 4) is 0 Å². The van der Waals surface area contributed by atoms with Gasteiger partial charge in [0.1, 0.15) is 5.65 Å². The van der Waals surface area contributed by atoms with Crippen LogP contribution in [0.25, 0.3) is 11.7 Å². The third-order valence-electron chi connectivity index (χ3n) is 6.37. The van der Waals surface area contributed by atoms with E-state index >= 15 is 0 Å². The first-order valence-electron chi connectivity index (χ1n) is 11.3. The van der Waals surface area contributed by atoms with Crippen LogP contribution in [0, 0.1) is 5.92 Å². The molecule has 2 aliphatic heterocycles. The number of aryl methyl sites for hydroxylation is 1. The van der Waals surface area contributed by atoms with Gasteiger partial charge in [0.05, 0.1) is 21.8 Å². The number of benzene rings is 1. The molecule has 182 valence electrons. The first kappa shape index (κ1) is 26.9. The van der Waals surface area contributed by atoms with Crippen LogP contribution in [0.15, 0.2) is 58.6 Å². The van der Waals surface area contributed by atoms with Crippen molar-refractivity contribution in [2.24, 2.45) is 5.92 Å². The van der Waals surface area contributed by atoms with Crippen molar-refractivity contribution in [3.05, 3.63) is 69.8 Å². The first-order chi connectivity index (χ1) is 15.7. The number of imidazole rings is 1. The maximum atomic E-state index is 12.8.